The van der Waals surface area contributed by atoms with Gasteiger partial charge in [0.15, 0.2) is 6.61 Å². The van der Waals surface area contributed by atoms with Gasteiger partial charge in [0, 0.05) is 16.7 Å². The lowest BCUT2D eigenvalue weighted by Crippen LogP contribution is -2.24. The number of carboxylic acid groups (broad SMARTS) is 1. The summed E-state index contributed by atoms with van der Waals surface area (Å²) in [4.78, 5) is 35.2. The Balaban J connectivity index is 2.81. The number of halogens is 1. The Kier molecular flexibility index (Phi) is 7.01. The number of Topliss-reactive ketones (excluding diaryl/α,β-unsaturated/α-hetero) is 1. The Morgan fingerprint density at radius 1 is 1.32 bits per heavy atom. The summed E-state index contributed by atoms with van der Waals surface area (Å²) >= 11 is 3.51. The van der Waals surface area contributed by atoms with Crippen LogP contribution in [-0.4, -0.2) is 33.9 Å². The predicted molar refractivity (Wildman–Crippen MR) is 110 cm³/mol. The van der Waals surface area contributed by atoms with Crippen LogP contribution in [0.2, 0.25) is 0 Å². The fourth-order valence-electron chi connectivity index (χ4n) is 3.23. The Morgan fingerprint density at radius 2 is 2.00 bits per heavy atom. The number of aromatic nitrogens is 1. The smallest absolute Gasteiger partial charge is 0.341 e. The van der Waals surface area contributed by atoms with Gasteiger partial charge in [-0.15, -0.1) is 0 Å². The number of ether oxygens (including phenoxy) is 1. The molecule has 1 heterocycles. The first-order chi connectivity index (χ1) is 13.2. The average Bonchev–Trinajstić information content (AvgIpc) is 2.93. The van der Waals surface area contributed by atoms with Crippen molar-refractivity contribution in [3.8, 4) is 5.75 Å². The van der Waals surface area contributed by atoms with E-state index in [1.807, 2.05) is 17.6 Å². The molecule has 0 spiro atoms. The Bertz CT molecular complexity index is 975. The van der Waals surface area contributed by atoms with Gasteiger partial charge in [-0.3, -0.25) is 9.59 Å². The lowest BCUT2D eigenvalue weighted by atomic mass is 10.1. The minimum absolute atomic E-state index is 0.135. The largest absolute Gasteiger partial charge is 0.481 e. The molecule has 1 aromatic carbocycles. The highest BCUT2D eigenvalue weighted by Crippen LogP contribution is 2.39. The van der Waals surface area contributed by atoms with E-state index in [1.54, 1.807) is 19.1 Å². The van der Waals surface area contributed by atoms with E-state index in [4.69, 9.17) is 15.6 Å². The lowest BCUT2D eigenvalue weighted by molar-refractivity contribution is -0.139. The zero-order chi connectivity index (χ0) is 21.0. The van der Waals surface area contributed by atoms with E-state index >= 15 is 0 Å². The molecule has 1 aromatic heterocycles. The molecule has 0 aliphatic heterocycles. The first kappa shape index (κ1) is 21.7. The number of carboxylic acids is 1. The molecule has 150 valence electrons. The van der Waals surface area contributed by atoms with Gasteiger partial charge < -0.3 is 20.1 Å². The number of nitrogens with two attached hydrogens (primary N) is 1. The number of aliphatic carboxylic acids is 1. The predicted octanol–water partition coefficient (Wildman–Crippen LogP) is 3.59. The second-order valence-electron chi connectivity index (χ2n) is 6.39. The highest BCUT2D eigenvalue weighted by atomic mass is 79.9. The van der Waals surface area contributed by atoms with Crippen LogP contribution in [0.15, 0.2) is 28.3 Å². The van der Waals surface area contributed by atoms with Crippen LogP contribution in [0.25, 0.3) is 10.9 Å². The lowest BCUT2D eigenvalue weighted by Gasteiger charge is -2.13. The van der Waals surface area contributed by atoms with E-state index in [1.165, 1.54) is 5.57 Å². The maximum absolute atomic E-state index is 12.6. The molecule has 28 heavy (non-hydrogen) atoms. The topological polar surface area (TPSA) is 112 Å². The third-order valence-corrected chi connectivity index (χ3v) is 5.16. The number of hydrogen-bond acceptors (Lipinski definition) is 4. The normalized spacial score (nSPS) is 11.6. The number of benzene rings is 1. The van der Waals surface area contributed by atoms with Crippen molar-refractivity contribution in [1.82, 2.24) is 4.57 Å². The number of nitrogens with zero attached hydrogens (tertiary/aromatic N) is 1. The number of hydrogen-bond donors (Lipinski definition) is 2. The van der Waals surface area contributed by atoms with Crippen LogP contribution in [0.3, 0.4) is 0 Å². The summed E-state index contributed by atoms with van der Waals surface area (Å²) in [5.74, 6) is -2.85. The number of allylic oxidation sites excluding steroid dienone is 2. The molecule has 3 N–H and O–H groups in total. The number of carbonyl (C=O) groups excluding carboxylic acids is 2. The molecule has 0 fully saturated rings. The molecule has 0 aliphatic rings. The minimum atomic E-state index is -1.14. The fourth-order valence-corrected chi connectivity index (χ4v) is 3.78. The van der Waals surface area contributed by atoms with E-state index in [0.717, 1.165) is 12.8 Å². The number of amides is 1. The number of fused-ring (bicyclic) bond motifs is 1. The molecular weight excluding hydrogens is 428 g/mol. The van der Waals surface area contributed by atoms with E-state index in [2.05, 4.69) is 22.9 Å². The third kappa shape index (κ3) is 4.27. The molecule has 0 aliphatic carbocycles. The summed E-state index contributed by atoms with van der Waals surface area (Å²) < 4.78 is 8.02. The molecule has 0 unspecified atom stereocenters. The van der Waals surface area contributed by atoms with Crippen LogP contribution in [0, 0.1) is 6.92 Å². The second-order valence-corrected chi connectivity index (χ2v) is 7.24. The van der Waals surface area contributed by atoms with Crippen molar-refractivity contribution in [3.05, 3.63) is 39.5 Å². The summed E-state index contributed by atoms with van der Waals surface area (Å²) in [7, 11) is 0. The van der Waals surface area contributed by atoms with Gasteiger partial charge in [0.25, 0.3) is 11.7 Å². The van der Waals surface area contributed by atoms with Crippen molar-refractivity contribution in [2.75, 3.05) is 6.61 Å². The van der Waals surface area contributed by atoms with E-state index in [-0.39, 0.29) is 11.3 Å². The van der Waals surface area contributed by atoms with E-state index in [9.17, 15) is 14.4 Å². The molecule has 0 atom stereocenters. The fraction of sp³-hybridized carbons (Fsp3) is 0.350. The van der Waals surface area contributed by atoms with Crippen LogP contribution >= 0.6 is 15.9 Å². The highest BCUT2D eigenvalue weighted by Gasteiger charge is 2.27. The van der Waals surface area contributed by atoms with Crippen LogP contribution in [-0.2, 0) is 16.1 Å². The maximum Gasteiger partial charge on any atom is 0.341 e. The quantitative estimate of drug-likeness (QED) is 0.344. The standard InChI is InChI=1S/C20H23BrN2O5/c1-4-6-12(5-2)9-23-11(3)16(19(26)20(22)27)17-14(28-10-15(24)25)8-7-13(21)18(17)23/h5,7-8H,4,6,9-10H2,1-3H3,(H2,22,27)(H,24,25)/b12-5+. The van der Waals surface area contributed by atoms with Gasteiger partial charge in [-0.05, 0) is 48.3 Å². The summed E-state index contributed by atoms with van der Waals surface area (Å²) in [6.45, 7) is 5.74. The zero-order valence-electron chi connectivity index (χ0n) is 16.0. The van der Waals surface area contributed by atoms with Crippen LogP contribution in [0.1, 0.15) is 42.7 Å². The molecular formula is C20H23BrN2O5. The van der Waals surface area contributed by atoms with Crippen LogP contribution < -0.4 is 10.5 Å². The summed E-state index contributed by atoms with van der Waals surface area (Å²) in [6.07, 6.45) is 3.89. The molecule has 8 heteroatoms. The molecule has 1 amide bonds. The summed E-state index contributed by atoms with van der Waals surface area (Å²) in [5, 5.41) is 9.33. The molecule has 7 nitrogen and oxygen atoms in total. The van der Waals surface area contributed by atoms with Gasteiger partial charge in [-0.2, -0.15) is 0 Å². The molecule has 0 radical (unpaired) electrons. The molecule has 0 bridgehead atoms. The molecule has 2 aromatic rings. The van der Waals surface area contributed by atoms with Crippen molar-refractivity contribution in [1.29, 1.82) is 0 Å². The highest BCUT2D eigenvalue weighted by molar-refractivity contribution is 9.10. The number of carbonyl (C=O) groups is 3. The van der Waals surface area contributed by atoms with Crippen molar-refractivity contribution in [2.45, 2.75) is 40.2 Å². The van der Waals surface area contributed by atoms with E-state index < -0.39 is 24.3 Å². The Labute approximate surface area is 171 Å². The van der Waals surface area contributed by atoms with Crippen molar-refractivity contribution in [2.24, 2.45) is 5.73 Å². The van der Waals surface area contributed by atoms with Gasteiger partial charge in [-0.1, -0.05) is 25.0 Å². The van der Waals surface area contributed by atoms with Crippen molar-refractivity contribution < 1.29 is 24.2 Å². The van der Waals surface area contributed by atoms with Gasteiger partial charge >= 0.3 is 5.97 Å². The monoisotopic (exact) mass is 450 g/mol. The third-order valence-electron chi connectivity index (χ3n) is 4.52. The Morgan fingerprint density at radius 3 is 2.54 bits per heavy atom. The summed E-state index contributed by atoms with van der Waals surface area (Å²) in [6, 6.07) is 3.29. The number of ketones is 1. The molecule has 2 rings (SSSR count). The summed E-state index contributed by atoms with van der Waals surface area (Å²) in [5.41, 5.74) is 7.80. The number of primary amides is 1. The number of rotatable bonds is 9. The van der Waals surface area contributed by atoms with Gasteiger partial charge in [0.2, 0.25) is 0 Å². The first-order valence-corrected chi connectivity index (χ1v) is 9.66. The van der Waals surface area contributed by atoms with Gasteiger partial charge in [-0.25, -0.2) is 4.79 Å². The van der Waals surface area contributed by atoms with Gasteiger partial charge in [0.1, 0.15) is 5.75 Å². The first-order valence-electron chi connectivity index (χ1n) is 8.86. The Hall–Kier alpha value is -2.61. The van der Waals surface area contributed by atoms with E-state index in [0.29, 0.717) is 27.6 Å². The SMILES string of the molecule is C/C=C(\CCC)Cn1c(C)c(C(=O)C(N)=O)c2c(OCC(=O)O)ccc(Br)c21. The molecule has 0 saturated carbocycles. The minimum Gasteiger partial charge on any atom is -0.481 e. The molecule has 0 saturated heterocycles. The van der Waals surface area contributed by atoms with Crippen LogP contribution in [0.4, 0.5) is 0 Å². The van der Waals surface area contributed by atoms with Crippen LogP contribution in [0.5, 0.6) is 5.75 Å². The average molecular weight is 451 g/mol. The van der Waals surface area contributed by atoms with Gasteiger partial charge in [0.05, 0.1) is 16.5 Å². The zero-order valence-corrected chi connectivity index (χ0v) is 17.6. The van der Waals surface area contributed by atoms with Crippen molar-refractivity contribution in [3.63, 3.8) is 0 Å². The van der Waals surface area contributed by atoms with Crippen molar-refractivity contribution >= 4 is 44.5 Å². The second kappa shape index (κ2) is 9.05. The maximum atomic E-state index is 12.6.